The van der Waals surface area contributed by atoms with E-state index in [2.05, 4.69) is 206 Å². The lowest BCUT2D eigenvalue weighted by atomic mass is 9.45. The molecule has 3 heteroatoms. The van der Waals surface area contributed by atoms with E-state index in [4.69, 9.17) is 0 Å². The fourth-order valence-electron chi connectivity index (χ4n) is 11.3. The standard InChI is InChI=1S/C58H51BN2/c1-32-19-33(2)22-37(21-32)39-26-47-44-17-15-36-13-11-12-14-43(36)54(44)60-52-28-40(38-23-34(3)20-35(4)24-38)25-46-49-31-42(58(8,9)10)30-48-45-29-41(57(5,6)7)16-18-51(45)61(55(48)49)59(53(46)52)50(27-39)56(47)60/h11-31H,1-10H3. The maximum atomic E-state index is 2.75. The van der Waals surface area contributed by atoms with Crippen LogP contribution in [0.2, 0.25) is 0 Å². The quantitative estimate of drug-likeness (QED) is 0.155. The first-order valence-electron chi connectivity index (χ1n) is 22.1. The van der Waals surface area contributed by atoms with Crippen LogP contribution in [0.3, 0.4) is 0 Å². The lowest BCUT2D eigenvalue weighted by Gasteiger charge is -2.35. The van der Waals surface area contributed by atoms with E-state index in [9.17, 15) is 0 Å². The van der Waals surface area contributed by atoms with Gasteiger partial charge in [0.15, 0.2) is 0 Å². The third-order valence-corrected chi connectivity index (χ3v) is 14.0. The third-order valence-electron chi connectivity index (χ3n) is 14.0. The van der Waals surface area contributed by atoms with Crippen LogP contribution >= 0.6 is 0 Å². The van der Waals surface area contributed by atoms with Crippen molar-refractivity contribution in [3.05, 3.63) is 161 Å². The van der Waals surface area contributed by atoms with Gasteiger partial charge in [0.1, 0.15) is 0 Å². The minimum atomic E-state index is -0.0436. The lowest BCUT2D eigenvalue weighted by Crippen LogP contribution is -2.55. The molecule has 0 atom stereocenters. The van der Waals surface area contributed by atoms with E-state index in [1.807, 2.05) is 0 Å². The van der Waals surface area contributed by atoms with E-state index < -0.39 is 0 Å². The third kappa shape index (κ3) is 5.16. The zero-order valence-electron chi connectivity index (χ0n) is 37.1. The Hall–Kier alpha value is -6.32. The van der Waals surface area contributed by atoms with Crippen LogP contribution in [0.1, 0.15) is 74.9 Å². The first-order valence-corrected chi connectivity index (χ1v) is 22.1. The highest BCUT2D eigenvalue weighted by molar-refractivity contribution is 6.90. The van der Waals surface area contributed by atoms with E-state index in [1.165, 1.54) is 138 Å². The van der Waals surface area contributed by atoms with E-state index >= 15 is 0 Å². The molecule has 296 valence electrons. The van der Waals surface area contributed by atoms with Gasteiger partial charge in [-0.25, -0.2) is 0 Å². The molecule has 0 radical (unpaired) electrons. The summed E-state index contributed by atoms with van der Waals surface area (Å²) in [6, 6.07) is 50.3. The number of fused-ring (bicyclic) bond motifs is 12. The molecule has 0 fully saturated rings. The van der Waals surface area contributed by atoms with Gasteiger partial charge in [0.2, 0.25) is 0 Å². The molecule has 0 aliphatic carbocycles. The summed E-state index contributed by atoms with van der Waals surface area (Å²) < 4.78 is 5.43. The van der Waals surface area contributed by atoms with E-state index in [0.717, 1.165) is 0 Å². The molecular weight excluding hydrogens is 735 g/mol. The number of aryl methyl sites for hydroxylation is 4. The average Bonchev–Trinajstić information content (AvgIpc) is 3.73. The number of hydrogen-bond acceptors (Lipinski definition) is 0. The van der Waals surface area contributed by atoms with Crippen LogP contribution in [0.15, 0.2) is 127 Å². The number of rotatable bonds is 2. The Kier molecular flexibility index (Phi) is 7.28. The fourth-order valence-corrected chi connectivity index (χ4v) is 11.3. The zero-order valence-corrected chi connectivity index (χ0v) is 37.1. The molecule has 4 heterocycles. The molecule has 0 spiro atoms. The molecular formula is C58H51BN2. The van der Waals surface area contributed by atoms with Gasteiger partial charge in [0.25, 0.3) is 0 Å². The van der Waals surface area contributed by atoms with Gasteiger partial charge in [-0.3, -0.25) is 0 Å². The van der Waals surface area contributed by atoms with Crippen LogP contribution in [-0.4, -0.2) is 15.9 Å². The Balaban J connectivity index is 1.33. The fraction of sp³-hybridized carbons (Fsp3) is 0.207. The summed E-state index contributed by atoms with van der Waals surface area (Å²) in [4.78, 5) is 0. The van der Waals surface area contributed by atoms with E-state index in [-0.39, 0.29) is 17.7 Å². The van der Waals surface area contributed by atoms with Gasteiger partial charge < -0.3 is 9.05 Å². The molecule has 0 amide bonds. The number of benzene rings is 8. The maximum Gasteiger partial charge on any atom is 0.333 e. The second-order valence-electron chi connectivity index (χ2n) is 20.6. The largest absolute Gasteiger partial charge is 0.375 e. The smallest absolute Gasteiger partial charge is 0.333 e. The summed E-state index contributed by atoms with van der Waals surface area (Å²) in [6.45, 7) is 23.0. The number of aromatic nitrogens is 2. The molecule has 0 unspecified atom stereocenters. The Morgan fingerprint density at radius 2 is 1.03 bits per heavy atom. The van der Waals surface area contributed by atoms with Gasteiger partial charge in [-0.15, -0.1) is 0 Å². The molecule has 2 aliphatic rings. The first-order chi connectivity index (χ1) is 29.1. The SMILES string of the molecule is Cc1cc(C)cc(-c2cc3c4c(c2)-n2c5c(cc(-c6cc(C)cc(C)c6)cc5c5ccc6ccccc6c52)B4n2c4ccc(C(C)(C)C)cc4c4cc(C(C)(C)C)cc-3c42)c1. The second kappa shape index (κ2) is 12.2. The van der Waals surface area contributed by atoms with E-state index in [0.29, 0.717) is 0 Å². The molecule has 10 aromatic rings. The summed E-state index contributed by atoms with van der Waals surface area (Å²) in [6.07, 6.45) is 0. The van der Waals surface area contributed by atoms with Gasteiger partial charge in [0, 0.05) is 49.2 Å². The Bertz CT molecular complexity index is 3550. The van der Waals surface area contributed by atoms with Crippen LogP contribution in [0.4, 0.5) is 0 Å². The molecule has 0 bridgehead atoms. The first kappa shape index (κ1) is 36.5. The Labute approximate surface area is 359 Å². The zero-order chi connectivity index (χ0) is 42.0. The molecule has 2 aliphatic heterocycles. The van der Waals surface area contributed by atoms with Crippen molar-refractivity contribution in [2.24, 2.45) is 0 Å². The summed E-state index contributed by atoms with van der Waals surface area (Å²) in [7, 11) is 0. The Morgan fingerprint density at radius 3 is 1.70 bits per heavy atom. The molecule has 8 aromatic carbocycles. The van der Waals surface area contributed by atoms with Crippen molar-refractivity contribution >= 4 is 72.2 Å². The van der Waals surface area contributed by atoms with Crippen molar-refractivity contribution in [1.29, 1.82) is 0 Å². The topological polar surface area (TPSA) is 9.86 Å². The normalized spacial score (nSPS) is 13.4. The molecule has 0 N–H and O–H groups in total. The molecule has 0 saturated carbocycles. The summed E-state index contributed by atoms with van der Waals surface area (Å²) >= 11 is 0. The van der Waals surface area contributed by atoms with Crippen molar-refractivity contribution < 1.29 is 0 Å². The van der Waals surface area contributed by atoms with Gasteiger partial charge in [0.05, 0.1) is 11.0 Å². The highest BCUT2D eigenvalue weighted by atomic mass is 15.0. The van der Waals surface area contributed by atoms with Crippen LogP contribution < -0.4 is 10.9 Å². The predicted molar refractivity (Wildman–Crippen MR) is 264 cm³/mol. The van der Waals surface area contributed by atoms with Crippen molar-refractivity contribution in [2.45, 2.75) is 80.1 Å². The van der Waals surface area contributed by atoms with Crippen molar-refractivity contribution in [1.82, 2.24) is 9.05 Å². The van der Waals surface area contributed by atoms with Crippen molar-refractivity contribution in [3.63, 3.8) is 0 Å². The maximum absolute atomic E-state index is 2.75. The average molecular weight is 787 g/mol. The molecule has 12 rings (SSSR count). The van der Waals surface area contributed by atoms with Gasteiger partial charge >= 0.3 is 6.85 Å². The van der Waals surface area contributed by atoms with Crippen LogP contribution in [0, 0.1) is 27.7 Å². The molecule has 61 heavy (non-hydrogen) atoms. The molecule has 0 saturated heterocycles. The summed E-state index contributed by atoms with van der Waals surface area (Å²) in [5.74, 6) is 0. The molecule has 2 nitrogen and oxygen atoms in total. The van der Waals surface area contributed by atoms with Gasteiger partial charge in [-0.1, -0.05) is 149 Å². The summed E-state index contributed by atoms with van der Waals surface area (Å²) in [5.41, 5.74) is 24.9. The minimum Gasteiger partial charge on any atom is -0.375 e. The van der Waals surface area contributed by atoms with Crippen LogP contribution in [0.5, 0.6) is 0 Å². The summed E-state index contributed by atoms with van der Waals surface area (Å²) in [5, 5.41) is 7.86. The van der Waals surface area contributed by atoms with Crippen LogP contribution in [0.25, 0.3) is 93.5 Å². The highest BCUT2D eigenvalue weighted by Crippen LogP contribution is 2.48. The predicted octanol–water partition coefficient (Wildman–Crippen LogP) is 14.2. The van der Waals surface area contributed by atoms with Crippen LogP contribution in [-0.2, 0) is 10.8 Å². The van der Waals surface area contributed by atoms with Gasteiger partial charge in [-0.05, 0) is 136 Å². The Morgan fingerprint density at radius 1 is 0.426 bits per heavy atom. The minimum absolute atomic E-state index is 0.0191. The van der Waals surface area contributed by atoms with Crippen molar-refractivity contribution in [2.75, 3.05) is 0 Å². The molecule has 2 aromatic heterocycles. The number of nitrogens with zero attached hydrogens (tertiary/aromatic N) is 2. The monoisotopic (exact) mass is 786 g/mol. The lowest BCUT2D eigenvalue weighted by molar-refractivity contribution is 0.590. The number of hydrogen-bond donors (Lipinski definition) is 0. The van der Waals surface area contributed by atoms with Crippen molar-refractivity contribution in [3.8, 4) is 39.1 Å². The second-order valence-corrected chi connectivity index (χ2v) is 20.6. The van der Waals surface area contributed by atoms with Gasteiger partial charge in [-0.2, -0.15) is 0 Å². The van der Waals surface area contributed by atoms with E-state index in [1.54, 1.807) is 0 Å². The highest BCUT2D eigenvalue weighted by Gasteiger charge is 2.43.